The van der Waals surface area contributed by atoms with Crippen LogP contribution in [0.5, 0.6) is 0 Å². The topological polar surface area (TPSA) is 69.0 Å². The molecule has 0 amide bonds. The van der Waals surface area contributed by atoms with Gasteiger partial charge in [-0.05, 0) is 62.1 Å². The predicted molar refractivity (Wildman–Crippen MR) is 96.5 cm³/mol. The Bertz CT molecular complexity index is 798. The molecule has 3 fully saturated rings. The normalized spacial score (nSPS) is 28.3. The number of nitrogens with zero attached hydrogens (tertiary/aromatic N) is 3. The maximum atomic E-state index is 12.6. The van der Waals surface area contributed by atoms with Crippen LogP contribution < -0.4 is 5.32 Å². The summed E-state index contributed by atoms with van der Waals surface area (Å²) in [6, 6.07) is 2.02. The first kappa shape index (κ1) is 16.6. The van der Waals surface area contributed by atoms with Gasteiger partial charge < -0.3 is 14.6 Å². The van der Waals surface area contributed by atoms with Gasteiger partial charge in [0.2, 0.25) is 5.28 Å². The summed E-state index contributed by atoms with van der Waals surface area (Å²) in [6.07, 6.45) is 6.45. The summed E-state index contributed by atoms with van der Waals surface area (Å²) in [6.45, 7) is 2.28. The average Bonchev–Trinajstić information content (AvgIpc) is 2.97. The number of carbonyl (C=O) groups is 1. The van der Waals surface area contributed by atoms with Gasteiger partial charge in [-0.15, -0.1) is 0 Å². The maximum Gasteiger partial charge on any atom is 0.311 e. The molecule has 2 atom stereocenters. The molecule has 0 spiro atoms. The van der Waals surface area contributed by atoms with Gasteiger partial charge in [0, 0.05) is 19.3 Å². The minimum atomic E-state index is -0.111. The average molecular weight is 363 g/mol. The van der Waals surface area contributed by atoms with E-state index in [1.54, 1.807) is 0 Å². The van der Waals surface area contributed by atoms with Crippen molar-refractivity contribution in [2.75, 3.05) is 11.9 Å². The van der Waals surface area contributed by atoms with Gasteiger partial charge in [-0.25, -0.2) is 4.98 Å². The Morgan fingerprint density at radius 2 is 2.04 bits per heavy atom. The van der Waals surface area contributed by atoms with Crippen molar-refractivity contribution in [3.63, 3.8) is 0 Å². The van der Waals surface area contributed by atoms with Crippen LogP contribution in [-0.4, -0.2) is 33.2 Å². The summed E-state index contributed by atoms with van der Waals surface area (Å²) in [4.78, 5) is 21.3. The molecule has 5 rings (SSSR count). The molecule has 0 aliphatic heterocycles. The third-order valence-corrected chi connectivity index (χ3v) is 5.95. The Kier molecular flexibility index (Phi) is 4.31. The fourth-order valence-electron chi connectivity index (χ4n) is 4.61. The lowest BCUT2D eigenvalue weighted by Gasteiger charge is -2.47. The van der Waals surface area contributed by atoms with E-state index in [0.29, 0.717) is 24.3 Å². The highest BCUT2D eigenvalue weighted by atomic mass is 35.5. The largest absolute Gasteiger partial charge is 0.466 e. The highest BCUT2D eigenvalue weighted by Gasteiger charge is 2.48. The van der Waals surface area contributed by atoms with Crippen molar-refractivity contribution >= 4 is 34.4 Å². The molecule has 2 aromatic heterocycles. The van der Waals surface area contributed by atoms with E-state index in [-0.39, 0.29) is 23.2 Å². The molecular formula is C18H23ClN4O2. The lowest BCUT2D eigenvalue weighted by Crippen LogP contribution is -2.52. The van der Waals surface area contributed by atoms with Crippen LogP contribution in [0.25, 0.3) is 11.0 Å². The lowest BCUT2D eigenvalue weighted by molar-refractivity contribution is -0.154. The molecule has 2 aromatic rings. The van der Waals surface area contributed by atoms with Crippen molar-refractivity contribution in [2.24, 2.45) is 24.8 Å². The Morgan fingerprint density at radius 1 is 1.32 bits per heavy atom. The molecular weight excluding hydrogens is 340 g/mol. The van der Waals surface area contributed by atoms with E-state index in [1.807, 2.05) is 30.8 Å². The first-order chi connectivity index (χ1) is 12.1. The Labute approximate surface area is 151 Å². The SMILES string of the molecule is CCOC(=O)[C@H]1C2CCC(CC2)[C@@H]1Nc1nc(Cl)nc2c1ccn2C. The van der Waals surface area contributed by atoms with Gasteiger partial charge in [-0.3, -0.25) is 4.79 Å². The second-order valence-corrected chi connectivity index (χ2v) is 7.47. The van der Waals surface area contributed by atoms with Crippen LogP contribution in [-0.2, 0) is 16.6 Å². The zero-order chi connectivity index (χ0) is 17.6. The molecule has 0 aromatic carbocycles. The summed E-state index contributed by atoms with van der Waals surface area (Å²) in [5.74, 6) is 1.37. The van der Waals surface area contributed by atoms with E-state index in [0.717, 1.165) is 36.7 Å². The molecule has 0 unspecified atom stereocenters. The number of carbonyl (C=O) groups excluding carboxylic acids is 1. The zero-order valence-electron chi connectivity index (χ0n) is 14.5. The van der Waals surface area contributed by atoms with E-state index >= 15 is 0 Å². The molecule has 1 N–H and O–H groups in total. The first-order valence-corrected chi connectivity index (χ1v) is 9.38. The van der Waals surface area contributed by atoms with Crippen LogP contribution in [0.2, 0.25) is 5.28 Å². The van der Waals surface area contributed by atoms with Crippen molar-refractivity contribution in [2.45, 2.75) is 38.6 Å². The number of aromatic nitrogens is 3. The van der Waals surface area contributed by atoms with Gasteiger partial charge in [0.1, 0.15) is 11.5 Å². The number of anilines is 1. The monoisotopic (exact) mass is 362 g/mol. The van der Waals surface area contributed by atoms with Crippen LogP contribution >= 0.6 is 11.6 Å². The Balaban J connectivity index is 1.69. The molecule has 25 heavy (non-hydrogen) atoms. The van der Waals surface area contributed by atoms with E-state index in [9.17, 15) is 4.79 Å². The molecule has 7 heteroatoms. The number of ether oxygens (including phenoxy) is 1. The number of esters is 1. The second-order valence-electron chi connectivity index (χ2n) is 7.13. The van der Waals surface area contributed by atoms with Crippen LogP contribution in [0.3, 0.4) is 0 Å². The highest BCUT2D eigenvalue weighted by molar-refractivity contribution is 6.28. The molecule has 2 bridgehead atoms. The number of hydrogen-bond donors (Lipinski definition) is 1. The molecule has 2 heterocycles. The summed E-state index contributed by atoms with van der Waals surface area (Å²) in [5, 5.41) is 4.69. The fraction of sp³-hybridized carbons (Fsp3) is 0.611. The summed E-state index contributed by atoms with van der Waals surface area (Å²) >= 11 is 6.13. The van der Waals surface area contributed by atoms with E-state index in [1.165, 1.54) is 0 Å². The fourth-order valence-corrected chi connectivity index (χ4v) is 4.78. The number of aryl methyl sites for hydroxylation is 1. The van der Waals surface area contributed by atoms with E-state index in [4.69, 9.17) is 16.3 Å². The molecule has 0 saturated heterocycles. The van der Waals surface area contributed by atoms with Crippen molar-refractivity contribution in [1.29, 1.82) is 0 Å². The number of nitrogens with one attached hydrogen (secondary N) is 1. The summed E-state index contributed by atoms with van der Waals surface area (Å²) in [7, 11) is 1.93. The van der Waals surface area contributed by atoms with Crippen LogP contribution in [0.15, 0.2) is 12.3 Å². The van der Waals surface area contributed by atoms with Crippen molar-refractivity contribution in [3.8, 4) is 0 Å². The standard InChI is InChI=1S/C18H23ClN4O2/c1-3-25-17(24)13-10-4-6-11(7-5-10)14(13)20-15-12-8-9-23(2)16(12)22-18(19)21-15/h8-11,13-14H,3-7H2,1-2H3,(H,20,21,22)/t10?,11?,13-,14-/m0/s1. The number of halogens is 1. The molecule has 3 aliphatic carbocycles. The lowest BCUT2D eigenvalue weighted by atomic mass is 9.61. The molecule has 0 radical (unpaired) electrons. The van der Waals surface area contributed by atoms with E-state index in [2.05, 4.69) is 15.3 Å². The van der Waals surface area contributed by atoms with Crippen LogP contribution in [0.1, 0.15) is 32.6 Å². The van der Waals surface area contributed by atoms with Crippen LogP contribution in [0, 0.1) is 17.8 Å². The predicted octanol–water partition coefficient (Wildman–Crippen LogP) is 3.40. The quantitative estimate of drug-likeness (QED) is 0.666. The zero-order valence-corrected chi connectivity index (χ0v) is 15.3. The summed E-state index contributed by atoms with van der Waals surface area (Å²) in [5.41, 5.74) is 0.788. The second kappa shape index (κ2) is 6.48. The van der Waals surface area contributed by atoms with Gasteiger partial charge >= 0.3 is 5.97 Å². The minimum Gasteiger partial charge on any atom is -0.466 e. The number of hydrogen-bond acceptors (Lipinski definition) is 5. The van der Waals surface area contributed by atoms with Gasteiger partial charge in [0.25, 0.3) is 0 Å². The smallest absolute Gasteiger partial charge is 0.311 e. The number of fused-ring (bicyclic) bond motifs is 4. The summed E-state index contributed by atoms with van der Waals surface area (Å²) < 4.78 is 7.30. The van der Waals surface area contributed by atoms with Gasteiger partial charge in [0.15, 0.2) is 0 Å². The van der Waals surface area contributed by atoms with Crippen molar-refractivity contribution < 1.29 is 9.53 Å². The Morgan fingerprint density at radius 3 is 2.76 bits per heavy atom. The third-order valence-electron chi connectivity index (χ3n) is 5.78. The van der Waals surface area contributed by atoms with Gasteiger partial charge in [0.05, 0.1) is 17.9 Å². The van der Waals surface area contributed by atoms with Crippen molar-refractivity contribution in [1.82, 2.24) is 14.5 Å². The van der Waals surface area contributed by atoms with Crippen molar-refractivity contribution in [3.05, 3.63) is 17.5 Å². The maximum absolute atomic E-state index is 12.6. The van der Waals surface area contributed by atoms with Gasteiger partial charge in [-0.1, -0.05) is 0 Å². The highest BCUT2D eigenvalue weighted by Crippen LogP contribution is 2.47. The molecule has 3 aliphatic rings. The first-order valence-electron chi connectivity index (χ1n) is 9.00. The van der Waals surface area contributed by atoms with Gasteiger partial charge in [-0.2, -0.15) is 4.98 Å². The molecule has 6 nitrogen and oxygen atoms in total. The molecule has 3 saturated carbocycles. The Hall–Kier alpha value is -1.82. The van der Waals surface area contributed by atoms with E-state index < -0.39 is 0 Å². The number of rotatable bonds is 4. The molecule has 134 valence electrons. The minimum absolute atomic E-state index is 0.0425. The van der Waals surface area contributed by atoms with Crippen LogP contribution in [0.4, 0.5) is 5.82 Å². The third kappa shape index (κ3) is 2.86.